The normalized spacial score (nSPS) is 25.4. The molecule has 0 spiro atoms. The summed E-state index contributed by atoms with van der Waals surface area (Å²) in [6, 6.07) is 13.3. The first-order valence-corrected chi connectivity index (χ1v) is 10.6. The topological polar surface area (TPSA) is 105 Å². The van der Waals surface area contributed by atoms with E-state index in [2.05, 4.69) is 0 Å². The monoisotopic (exact) mass is 403 g/mol. The van der Waals surface area contributed by atoms with Gasteiger partial charge in [-0.1, -0.05) is 24.3 Å². The summed E-state index contributed by atoms with van der Waals surface area (Å²) >= 11 is 0. The van der Waals surface area contributed by atoms with Gasteiger partial charge in [-0.25, -0.2) is 8.42 Å². The van der Waals surface area contributed by atoms with E-state index in [0.717, 1.165) is 0 Å². The van der Waals surface area contributed by atoms with Gasteiger partial charge in [-0.05, 0) is 36.8 Å². The molecule has 7 nitrogen and oxygen atoms in total. The predicted octanol–water partition coefficient (Wildman–Crippen LogP) is 1.86. The minimum atomic E-state index is -3.81. The summed E-state index contributed by atoms with van der Waals surface area (Å²) in [6.45, 7) is 1.80. The Morgan fingerprint density at radius 1 is 1.18 bits per heavy atom. The molecule has 1 heterocycles. The lowest BCUT2D eigenvalue weighted by Crippen LogP contribution is -2.33. The molecule has 0 bridgehead atoms. The van der Waals surface area contributed by atoms with Crippen molar-refractivity contribution < 1.29 is 27.4 Å². The fourth-order valence-electron chi connectivity index (χ4n) is 4.03. The molecule has 1 aliphatic heterocycles. The number of rotatable bonds is 6. The van der Waals surface area contributed by atoms with Gasteiger partial charge in [-0.3, -0.25) is 4.79 Å². The fraction of sp³-hybridized carbons (Fsp3) is 0.350. The Labute approximate surface area is 163 Å². The van der Waals surface area contributed by atoms with E-state index in [4.69, 9.17) is 19.9 Å². The van der Waals surface area contributed by atoms with E-state index in [-0.39, 0.29) is 24.8 Å². The molecule has 2 aromatic carbocycles. The molecule has 1 fully saturated rings. The van der Waals surface area contributed by atoms with Crippen LogP contribution < -0.4 is 15.2 Å². The second kappa shape index (κ2) is 6.79. The lowest BCUT2D eigenvalue weighted by Gasteiger charge is -2.14. The molecule has 2 N–H and O–H groups in total. The van der Waals surface area contributed by atoms with Gasteiger partial charge in [0.15, 0.2) is 21.3 Å². The van der Waals surface area contributed by atoms with Crippen molar-refractivity contribution in [3.05, 3.63) is 54.1 Å². The molecule has 148 valence electrons. The Morgan fingerprint density at radius 2 is 1.89 bits per heavy atom. The van der Waals surface area contributed by atoms with Crippen LogP contribution in [-0.2, 0) is 19.4 Å². The van der Waals surface area contributed by atoms with Gasteiger partial charge in [0.05, 0.1) is 16.8 Å². The molecule has 28 heavy (non-hydrogen) atoms. The number of esters is 1. The molecule has 0 saturated heterocycles. The maximum absolute atomic E-state index is 13.4. The van der Waals surface area contributed by atoms with Crippen LogP contribution in [0.3, 0.4) is 0 Å². The van der Waals surface area contributed by atoms with Gasteiger partial charge in [-0.15, -0.1) is 0 Å². The molecule has 1 saturated carbocycles. The SMILES string of the molecule is CCOC(=O)[C@]1(CN)[C@@H](c2ccc3c(c2)OCO3)[C@@H]1S(=O)(=O)c1ccccc1. The molecule has 2 aliphatic rings. The smallest absolute Gasteiger partial charge is 0.315 e. The summed E-state index contributed by atoms with van der Waals surface area (Å²) < 4.78 is 42.7. The third-order valence-electron chi connectivity index (χ3n) is 5.41. The van der Waals surface area contributed by atoms with E-state index in [0.29, 0.717) is 17.1 Å². The highest BCUT2D eigenvalue weighted by atomic mass is 32.2. The van der Waals surface area contributed by atoms with Crippen LogP contribution in [0.15, 0.2) is 53.4 Å². The van der Waals surface area contributed by atoms with Gasteiger partial charge in [-0.2, -0.15) is 0 Å². The van der Waals surface area contributed by atoms with Crippen LogP contribution in [0.1, 0.15) is 18.4 Å². The summed E-state index contributed by atoms with van der Waals surface area (Å²) in [6.07, 6.45) is 0. The maximum atomic E-state index is 13.4. The molecule has 0 radical (unpaired) electrons. The molecular formula is C20H21NO6S. The Bertz CT molecular complexity index is 1010. The van der Waals surface area contributed by atoms with Gasteiger partial charge in [0.2, 0.25) is 6.79 Å². The number of sulfone groups is 1. The largest absolute Gasteiger partial charge is 0.465 e. The Hall–Kier alpha value is -2.58. The molecule has 0 unspecified atom stereocenters. The van der Waals surface area contributed by atoms with E-state index in [1.165, 1.54) is 12.1 Å². The molecular weight excluding hydrogens is 382 g/mol. The van der Waals surface area contributed by atoms with E-state index in [9.17, 15) is 13.2 Å². The second-order valence-corrected chi connectivity index (χ2v) is 8.90. The molecule has 8 heteroatoms. The highest BCUT2D eigenvalue weighted by Crippen LogP contribution is 2.64. The summed E-state index contributed by atoms with van der Waals surface area (Å²) in [5.41, 5.74) is 5.31. The van der Waals surface area contributed by atoms with Gasteiger partial charge < -0.3 is 19.9 Å². The summed E-state index contributed by atoms with van der Waals surface area (Å²) in [4.78, 5) is 13.0. The number of nitrogens with two attached hydrogens (primary N) is 1. The van der Waals surface area contributed by atoms with Crippen LogP contribution >= 0.6 is 0 Å². The molecule has 3 atom stereocenters. The molecule has 0 amide bonds. The number of ether oxygens (including phenoxy) is 3. The van der Waals surface area contributed by atoms with Crippen LogP contribution in [0.4, 0.5) is 0 Å². The summed E-state index contributed by atoms with van der Waals surface area (Å²) in [7, 11) is -3.81. The van der Waals surface area contributed by atoms with Crippen LogP contribution in [0.25, 0.3) is 0 Å². The van der Waals surface area contributed by atoms with Crippen molar-refractivity contribution in [1.29, 1.82) is 0 Å². The average Bonchev–Trinajstić information content (AvgIpc) is 3.21. The lowest BCUT2D eigenvalue weighted by atomic mass is 9.99. The highest BCUT2D eigenvalue weighted by molar-refractivity contribution is 7.92. The number of carbonyl (C=O) groups excluding carboxylic acids is 1. The fourth-order valence-corrected chi connectivity index (χ4v) is 6.43. The Balaban J connectivity index is 1.81. The molecule has 0 aromatic heterocycles. The first kappa shape index (κ1) is 18.8. The average molecular weight is 403 g/mol. The quantitative estimate of drug-likeness (QED) is 0.734. The zero-order valence-electron chi connectivity index (χ0n) is 15.3. The number of hydrogen-bond donors (Lipinski definition) is 1. The van der Waals surface area contributed by atoms with Crippen LogP contribution in [0.2, 0.25) is 0 Å². The first-order valence-electron chi connectivity index (χ1n) is 9.02. The first-order chi connectivity index (χ1) is 13.5. The van der Waals surface area contributed by atoms with Gasteiger partial charge >= 0.3 is 5.97 Å². The van der Waals surface area contributed by atoms with Crippen molar-refractivity contribution in [1.82, 2.24) is 0 Å². The number of carbonyl (C=O) groups is 1. The summed E-state index contributed by atoms with van der Waals surface area (Å²) in [5, 5.41) is -1.01. The molecule has 2 aromatic rings. The number of fused-ring (bicyclic) bond motifs is 1. The van der Waals surface area contributed by atoms with Crippen molar-refractivity contribution in [2.45, 2.75) is 23.0 Å². The van der Waals surface area contributed by atoms with Crippen molar-refractivity contribution in [3.8, 4) is 11.5 Å². The number of hydrogen-bond acceptors (Lipinski definition) is 7. The minimum absolute atomic E-state index is 0.106. The van der Waals surface area contributed by atoms with Crippen LogP contribution in [-0.4, -0.2) is 39.6 Å². The van der Waals surface area contributed by atoms with Gasteiger partial charge in [0.1, 0.15) is 5.41 Å². The predicted molar refractivity (Wildman–Crippen MR) is 101 cm³/mol. The van der Waals surface area contributed by atoms with Crippen LogP contribution in [0, 0.1) is 5.41 Å². The van der Waals surface area contributed by atoms with Gasteiger partial charge in [0, 0.05) is 12.5 Å². The van der Waals surface area contributed by atoms with Crippen molar-refractivity contribution >= 4 is 15.8 Å². The van der Waals surface area contributed by atoms with Crippen LogP contribution in [0.5, 0.6) is 11.5 Å². The zero-order chi connectivity index (χ0) is 19.9. The third-order valence-corrected chi connectivity index (χ3v) is 7.70. The summed E-state index contributed by atoms with van der Waals surface area (Å²) in [5.74, 6) is -0.114. The van der Waals surface area contributed by atoms with Gasteiger partial charge in [0.25, 0.3) is 0 Å². The Morgan fingerprint density at radius 3 is 2.57 bits per heavy atom. The van der Waals surface area contributed by atoms with E-state index in [1.807, 2.05) is 0 Å². The van der Waals surface area contributed by atoms with E-state index in [1.54, 1.807) is 43.3 Å². The second-order valence-electron chi connectivity index (χ2n) is 6.83. The van der Waals surface area contributed by atoms with Crippen molar-refractivity contribution in [2.75, 3.05) is 19.9 Å². The number of benzene rings is 2. The van der Waals surface area contributed by atoms with Crippen molar-refractivity contribution in [2.24, 2.45) is 11.1 Å². The third kappa shape index (κ3) is 2.67. The minimum Gasteiger partial charge on any atom is -0.465 e. The zero-order valence-corrected chi connectivity index (χ0v) is 16.1. The lowest BCUT2D eigenvalue weighted by molar-refractivity contribution is -0.149. The van der Waals surface area contributed by atoms with E-state index >= 15 is 0 Å². The standard InChI is InChI=1S/C20H21NO6S/c1-2-25-19(22)20(11-21)17(13-8-9-15-16(10-13)27-12-26-15)18(20)28(23,24)14-6-4-3-5-7-14/h3-10,17-18H,2,11-12,21H2,1H3/t17-,18-,20+/m0/s1. The van der Waals surface area contributed by atoms with Crippen molar-refractivity contribution in [3.63, 3.8) is 0 Å². The highest BCUT2D eigenvalue weighted by Gasteiger charge is 2.75. The molecule has 4 rings (SSSR count). The maximum Gasteiger partial charge on any atom is 0.315 e. The molecule has 1 aliphatic carbocycles. The van der Waals surface area contributed by atoms with E-state index < -0.39 is 32.4 Å². The Kier molecular flexibility index (Phi) is 4.55.